The van der Waals surface area contributed by atoms with Crippen LogP contribution in [0.25, 0.3) is 10.1 Å². The summed E-state index contributed by atoms with van der Waals surface area (Å²) in [6, 6.07) is 8.33. The largest absolute Gasteiger partial charge is 0.481 e. The van der Waals surface area contributed by atoms with Gasteiger partial charge in [-0.1, -0.05) is 18.2 Å². The van der Waals surface area contributed by atoms with Gasteiger partial charge in [0, 0.05) is 24.1 Å². The predicted octanol–water partition coefficient (Wildman–Crippen LogP) is 3.60. The third-order valence-corrected chi connectivity index (χ3v) is 4.56. The molecule has 0 unspecified atom stereocenters. The Morgan fingerprint density at radius 2 is 1.91 bits per heavy atom. The Morgan fingerprint density at radius 1 is 1.09 bits per heavy atom. The maximum atomic E-state index is 11.7. The number of carboxylic acids is 1. The van der Waals surface area contributed by atoms with Crippen LogP contribution < -0.4 is 5.32 Å². The van der Waals surface area contributed by atoms with Gasteiger partial charge in [0.15, 0.2) is 0 Å². The Morgan fingerprint density at radius 3 is 2.73 bits per heavy atom. The lowest BCUT2D eigenvalue weighted by atomic mass is 10.1. The Kier molecular flexibility index (Phi) is 6.40. The van der Waals surface area contributed by atoms with Gasteiger partial charge in [-0.15, -0.1) is 11.3 Å². The van der Waals surface area contributed by atoms with Gasteiger partial charge < -0.3 is 10.4 Å². The van der Waals surface area contributed by atoms with Gasteiger partial charge in [0.05, 0.1) is 0 Å². The molecule has 1 aromatic carbocycles. The summed E-state index contributed by atoms with van der Waals surface area (Å²) in [7, 11) is 0. The van der Waals surface area contributed by atoms with Gasteiger partial charge in [-0.2, -0.15) is 0 Å². The minimum atomic E-state index is -0.783. The molecule has 22 heavy (non-hydrogen) atoms. The number of thiophene rings is 1. The third kappa shape index (κ3) is 5.15. The second-order valence-corrected chi connectivity index (χ2v) is 6.22. The van der Waals surface area contributed by atoms with E-state index in [2.05, 4.69) is 22.8 Å². The van der Waals surface area contributed by atoms with Gasteiger partial charge in [-0.05, 0) is 48.1 Å². The van der Waals surface area contributed by atoms with Gasteiger partial charge in [0.25, 0.3) is 0 Å². The first-order valence-corrected chi connectivity index (χ1v) is 8.48. The summed E-state index contributed by atoms with van der Waals surface area (Å²) in [4.78, 5) is 22.1. The van der Waals surface area contributed by atoms with E-state index in [-0.39, 0.29) is 12.3 Å². The Balaban J connectivity index is 1.64. The van der Waals surface area contributed by atoms with E-state index < -0.39 is 5.97 Å². The fourth-order valence-electron chi connectivity index (χ4n) is 2.38. The molecule has 0 atom stereocenters. The number of hydrogen-bond acceptors (Lipinski definition) is 3. The van der Waals surface area contributed by atoms with Crippen molar-refractivity contribution in [1.82, 2.24) is 5.32 Å². The van der Waals surface area contributed by atoms with Crippen molar-refractivity contribution in [3.63, 3.8) is 0 Å². The number of carbonyl (C=O) groups is 2. The Labute approximate surface area is 134 Å². The van der Waals surface area contributed by atoms with Crippen LogP contribution in [0, 0.1) is 0 Å². The van der Waals surface area contributed by atoms with Crippen molar-refractivity contribution in [2.45, 2.75) is 38.5 Å². The standard InChI is InChI=1S/C17H21NO3S/c19-16(18-11-4-3-10-17(20)21)9-5-6-13-12-22-15-8-2-1-7-14(13)15/h1-2,7-8,12H,3-6,9-11H2,(H,18,19)(H,20,21). The smallest absolute Gasteiger partial charge is 0.303 e. The van der Waals surface area contributed by atoms with Crippen molar-refractivity contribution in [2.75, 3.05) is 6.54 Å². The van der Waals surface area contributed by atoms with Crippen molar-refractivity contribution in [1.29, 1.82) is 0 Å². The summed E-state index contributed by atoms with van der Waals surface area (Å²) in [5.74, 6) is -0.732. The van der Waals surface area contributed by atoms with Crippen molar-refractivity contribution < 1.29 is 14.7 Å². The highest BCUT2D eigenvalue weighted by Gasteiger charge is 2.05. The average molecular weight is 319 g/mol. The van der Waals surface area contributed by atoms with Crippen LogP contribution >= 0.6 is 11.3 Å². The van der Waals surface area contributed by atoms with Gasteiger partial charge in [0.2, 0.25) is 5.91 Å². The molecule has 0 fully saturated rings. The number of fused-ring (bicyclic) bond motifs is 1. The van der Waals surface area contributed by atoms with E-state index in [9.17, 15) is 9.59 Å². The molecule has 0 aliphatic carbocycles. The summed E-state index contributed by atoms with van der Waals surface area (Å²) < 4.78 is 1.29. The zero-order valence-electron chi connectivity index (χ0n) is 12.5. The van der Waals surface area contributed by atoms with Crippen LogP contribution in [0.4, 0.5) is 0 Å². The third-order valence-electron chi connectivity index (χ3n) is 3.55. The fraction of sp³-hybridized carbons (Fsp3) is 0.412. The highest BCUT2D eigenvalue weighted by molar-refractivity contribution is 7.17. The zero-order chi connectivity index (χ0) is 15.8. The summed E-state index contributed by atoms with van der Waals surface area (Å²) in [6.07, 6.45) is 3.76. The molecule has 2 rings (SSSR count). The fourth-order valence-corrected chi connectivity index (χ4v) is 3.38. The first-order valence-electron chi connectivity index (χ1n) is 7.60. The first kappa shape index (κ1) is 16.5. The second kappa shape index (κ2) is 8.54. The van der Waals surface area contributed by atoms with Crippen LogP contribution in [0.15, 0.2) is 29.6 Å². The molecule has 0 radical (unpaired) electrons. The second-order valence-electron chi connectivity index (χ2n) is 5.31. The number of nitrogens with one attached hydrogen (secondary N) is 1. The Bertz CT molecular complexity index is 636. The predicted molar refractivity (Wildman–Crippen MR) is 89.3 cm³/mol. The minimum Gasteiger partial charge on any atom is -0.481 e. The van der Waals surface area contributed by atoms with Crippen LogP contribution in [-0.4, -0.2) is 23.5 Å². The maximum Gasteiger partial charge on any atom is 0.303 e. The van der Waals surface area contributed by atoms with Crippen molar-refractivity contribution in [2.24, 2.45) is 0 Å². The Hall–Kier alpha value is -1.88. The van der Waals surface area contributed by atoms with Gasteiger partial charge in [-0.3, -0.25) is 9.59 Å². The minimum absolute atomic E-state index is 0.0508. The van der Waals surface area contributed by atoms with Crippen molar-refractivity contribution >= 4 is 33.3 Å². The van der Waals surface area contributed by atoms with Crippen LogP contribution in [0.2, 0.25) is 0 Å². The van der Waals surface area contributed by atoms with Crippen LogP contribution in [0.1, 0.15) is 37.7 Å². The van der Waals surface area contributed by atoms with Crippen LogP contribution in [-0.2, 0) is 16.0 Å². The van der Waals surface area contributed by atoms with E-state index in [1.807, 2.05) is 12.1 Å². The van der Waals surface area contributed by atoms with Crippen molar-refractivity contribution in [3.05, 3.63) is 35.2 Å². The molecular weight excluding hydrogens is 298 g/mol. The number of benzene rings is 1. The monoisotopic (exact) mass is 319 g/mol. The van der Waals surface area contributed by atoms with Crippen molar-refractivity contribution in [3.8, 4) is 0 Å². The normalized spacial score (nSPS) is 10.7. The highest BCUT2D eigenvalue weighted by Crippen LogP contribution is 2.26. The van der Waals surface area contributed by atoms with Crippen LogP contribution in [0.5, 0.6) is 0 Å². The molecule has 0 saturated heterocycles. The summed E-state index contributed by atoms with van der Waals surface area (Å²) in [6.45, 7) is 0.563. The molecule has 0 aliphatic rings. The molecule has 2 aromatic rings. The quantitative estimate of drug-likeness (QED) is 0.694. The summed E-state index contributed by atoms with van der Waals surface area (Å²) in [5.41, 5.74) is 1.31. The lowest BCUT2D eigenvalue weighted by Gasteiger charge is -2.04. The molecule has 2 N–H and O–H groups in total. The number of aryl methyl sites for hydroxylation is 1. The molecule has 1 heterocycles. The lowest BCUT2D eigenvalue weighted by Crippen LogP contribution is -2.24. The molecule has 118 valence electrons. The SMILES string of the molecule is O=C(O)CCCCNC(=O)CCCc1csc2ccccc12. The zero-order valence-corrected chi connectivity index (χ0v) is 13.3. The molecular formula is C17H21NO3S. The maximum absolute atomic E-state index is 11.7. The summed E-state index contributed by atoms with van der Waals surface area (Å²) in [5, 5.41) is 14.8. The van der Waals surface area contributed by atoms with E-state index >= 15 is 0 Å². The number of carbonyl (C=O) groups excluding carboxylic acids is 1. The molecule has 4 nitrogen and oxygen atoms in total. The molecule has 0 saturated carbocycles. The average Bonchev–Trinajstić information content (AvgIpc) is 2.90. The number of rotatable bonds is 9. The number of unbranched alkanes of at least 4 members (excludes halogenated alkanes) is 1. The summed E-state index contributed by atoms with van der Waals surface area (Å²) >= 11 is 1.75. The molecule has 0 spiro atoms. The van der Waals surface area contributed by atoms with Gasteiger partial charge in [-0.25, -0.2) is 0 Å². The number of amides is 1. The lowest BCUT2D eigenvalue weighted by molar-refractivity contribution is -0.137. The van der Waals surface area contributed by atoms with E-state index in [1.165, 1.54) is 15.6 Å². The van der Waals surface area contributed by atoms with E-state index in [0.717, 1.165) is 12.8 Å². The number of carboxylic acid groups (broad SMARTS) is 1. The highest BCUT2D eigenvalue weighted by atomic mass is 32.1. The molecule has 1 aromatic heterocycles. The van der Waals surface area contributed by atoms with E-state index in [4.69, 9.17) is 5.11 Å². The van der Waals surface area contributed by atoms with E-state index in [0.29, 0.717) is 25.8 Å². The van der Waals surface area contributed by atoms with Gasteiger partial charge >= 0.3 is 5.97 Å². The first-order chi connectivity index (χ1) is 10.7. The number of hydrogen-bond donors (Lipinski definition) is 2. The van der Waals surface area contributed by atoms with E-state index in [1.54, 1.807) is 11.3 Å². The van der Waals surface area contributed by atoms with Gasteiger partial charge in [0.1, 0.15) is 0 Å². The molecule has 5 heteroatoms. The molecule has 1 amide bonds. The number of aliphatic carboxylic acids is 1. The topological polar surface area (TPSA) is 66.4 Å². The van der Waals surface area contributed by atoms with Crippen LogP contribution in [0.3, 0.4) is 0 Å². The molecule has 0 bridgehead atoms. The molecule has 0 aliphatic heterocycles.